The zero-order valence-corrected chi connectivity index (χ0v) is 16.6. The molecule has 4 aromatic carbocycles. The molecule has 0 aromatic heterocycles. The first-order valence-electron chi connectivity index (χ1n) is 9.17. The van der Waals surface area contributed by atoms with Crippen molar-refractivity contribution in [1.29, 1.82) is 0 Å². The normalized spacial score (nSPS) is 11.3. The van der Waals surface area contributed by atoms with Gasteiger partial charge >= 0.3 is 0 Å². The molecule has 0 aliphatic rings. The van der Waals surface area contributed by atoms with E-state index >= 15 is 0 Å². The maximum absolute atomic E-state index is 13.5. The molecule has 0 unspecified atom stereocenters. The van der Waals surface area contributed by atoms with Gasteiger partial charge in [-0.1, -0.05) is 66.2 Å². The summed E-state index contributed by atoms with van der Waals surface area (Å²) in [5.74, 6) is -0.360. The number of sulfone groups is 1. The number of rotatable bonds is 4. The molecule has 0 spiro atoms. The van der Waals surface area contributed by atoms with Crippen LogP contribution in [0.4, 0.5) is 5.69 Å². The van der Waals surface area contributed by atoms with E-state index in [2.05, 4.69) is 5.32 Å². The fraction of sp³-hybridized carbons (Fsp3) is 0.0417. The van der Waals surface area contributed by atoms with E-state index in [-0.39, 0.29) is 21.4 Å². The minimum absolute atomic E-state index is 0.101. The van der Waals surface area contributed by atoms with Gasteiger partial charge in [0.1, 0.15) is 4.90 Å². The van der Waals surface area contributed by atoms with Crippen LogP contribution in [0.5, 0.6) is 0 Å². The number of anilines is 1. The number of hydrogen-bond acceptors (Lipinski definition) is 3. The van der Waals surface area contributed by atoms with Gasteiger partial charge in [-0.25, -0.2) is 8.42 Å². The summed E-state index contributed by atoms with van der Waals surface area (Å²) in [6, 6.07) is 26.1. The third-order valence-electron chi connectivity index (χ3n) is 4.76. The van der Waals surface area contributed by atoms with Crippen molar-refractivity contribution in [2.24, 2.45) is 0 Å². The van der Waals surface area contributed by atoms with Crippen LogP contribution >= 0.6 is 0 Å². The van der Waals surface area contributed by atoms with Gasteiger partial charge < -0.3 is 5.32 Å². The van der Waals surface area contributed by atoms with Crippen LogP contribution < -0.4 is 5.32 Å². The Morgan fingerprint density at radius 3 is 2.14 bits per heavy atom. The molecule has 0 saturated heterocycles. The third-order valence-corrected chi connectivity index (χ3v) is 6.63. The number of nitrogens with one attached hydrogen (secondary N) is 1. The van der Waals surface area contributed by atoms with Crippen LogP contribution in [0.15, 0.2) is 101 Å². The van der Waals surface area contributed by atoms with Crippen LogP contribution in [-0.4, -0.2) is 14.3 Å². The Morgan fingerprint density at radius 2 is 1.41 bits per heavy atom. The predicted molar refractivity (Wildman–Crippen MR) is 115 cm³/mol. The number of hydrogen-bond donors (Lipinski definition) is 1. The summed E-state index contributed by atoms with van der Waals surface area (Å²) in [6.45, 7) is 1.90. The summed E-state index contributed by atoms with van der Waals surface area (Å²) in [5.41, 5.74) is 1.69. The molecule has 4 aromatic rings. The molecule has 29 heavy (non-hydrogen) atoms. The highest BCUT2D eigenvalue weighted by Gasteiger charge is 2.25. The summed E-state index contributed by atoms with van der Waals surface area (Å²) < 4.78 is 27.1. The molecule has 0 heterocycles. The fourth-order valence-electron chi connectivity index (χ4n) is 3.25. The summed E-state index contributed by atoms with van der Waals surface area (Å²) in [7, 11) is -3.86. The highest BCUT2D eigenvalue weighted by Crippen LogP contribution is 2.35. The van der Waals surface area contributed by atoms with Gasteiger partial charge in [-0.05, 0) is 42.6 Å². The van der Waals surface area contributed by atoms with Crippen molar-refractivity contribution in [2.45, 2.75) is 16.7 Å². The molecule has 1 N–H and O–H groups in total. The zero-order valence-electron chi connectivity index (χ0n) is 15.8. The second-order valence-electron chi connectivity index (χ2n) is 6.80. The molecule has 0 saturated carbocycles. The van der Waals surface area contributed by atoms with Gasteiger partial charge in [0.05, 0.1) is 10.6 Å². The summed E-state index contributed by atoms with van der Waals surface area (Å²) >= 11 is 0. The lowest BCUT2D eigenvalue weighted by atomic mass is 10.1. The van der Waals surface area contributed by atoms with Gasteiger partial charge in [0.2, 0.25) is 9.84 Å². The van der Waals surface area contributed by atoms with Gasteiger partial charge in [-0.3, -0.25) is 4.79 Å². The van der Waals surface area contributed by atoms with Gasteiger partial charge in [-0.2, -0.15) is 0 Å². The van der Waals surface area contributed by atoms with E-state index in [0.717, 1.165) is 10.9 Å². The summed E-state index contributed by atoms with van der Waals surface area (Å²) in [5, 5.41) is 4.14. The van der Waals surface area contributed by atoms with E-state index < -0.39 is 9.84 Å². The average molecular weight is 401 g/mol. The van der Waals surface area contributed by atoms with Crippen LogP contribution in [0, 0.1) is 6.92 Å². The molecule has 0 aliphatic heterocycles. The summed E-state index contributed by atoms with van der Waals surface area (Å²) in [6.07, 6.45) is 0. The minimum Gasteiger partial charge on any atom is -0.321 e. The average Bonchev–Trinajstić information content (AvgIpc) is 2.74. The van der Waals surface area contributed by atoms with Crippen molar-refractivity contribution in [3.8, 4) is 0 Å². The molecular formula is C24H19NO3S. The van der Waals surface area contributed by atoms with Crippen LogP contribution in [0.2, 0.25) is 0 Å². The SMILES string of the molecule is Cc1ccc(S(=O)(=O)c2c(NC(=O)c3ccccc3)ccc3ccccc23)cc1. The lowest BCUT2D eigenvalue weighted by molar-refractivity contribution is 0.102. The first kappa shape index (κ1) is 18.9. The van der Waals surface area contributed by atoms with Crippen molar-refractivity contribution in [2.75, 3.05) is 5.32 Å². The second-order valence-corrected chi connectivity index (χ2v) is 8.69. The van der Waals surface area contributed by atoms with E-state index in [4.69, 9.17) is 0 Å². The molecule has 0 fully saturated rings. The van der Waals surface area contributed by atoms with Crippen molar-refractivity contribution in [3.63, 3.8) is 0 Å². The molecule has 0 radical (unpaired) electrons. The first-order chi connectivity index (χ1) is 14.0. The number of aryl methyl sites for hydroxylation is 1. The van der Waals surface area contributed by atoms with Crippen LogP contribution in [0.3, 0.4) is 0 Å². The Kier molecular flexibility index (Phi) is 4.91. The highest BCUT2D eigenvalue weighted by molar-refractivity contribution is 7.92. The van der Waals surface area contributed by atoms with Crippen LogP contribution in [0.25, 0.3) is 10.8 Å². The molecule has 0 aliphatic carbocycles. The van der Waals surface area contributed by atoms with Crippen LogP contribution in [-0.2, 0) is 9.84 Å². The third kappa shape index (κ3) is 3.65. The second kappa shape index (κ2) is 7.53. The van der Waals surface area contributed by atoms with E-state index in [0.29, 0.717) is 10.9 Å². The van der Waals surface area contributed by atoms with Gasteiger partial charge in [0.15, 0.2) is 0 Å². The van der Waals surface area contributed by atoms with Gasteiger partial charge in [-0.15, -0.1) is 0 Å². The Hall–Kier alpha value is -3.44. The van der Waals surface area contributed by atoms with E-state index in [1.807, 2.05) is 31.2 Å². The Balaban J connectivity index is 1.90. The molecule has 0 bridgehead atoms. The molecule has 5 heteroatoms. The maximum Gasteiger partial charge on any atom is 0.255 e. The smallest absolute Gasteiger partial charge is 0.255 e. The number of amides is 1. The first-order valence-corrected chi connectivity index (χ1v) is 10.6. The zero-order chi connectivity index (χ0) is 20.4. The van der Waals surface area contributed by atoms with Crippen molar-refractivity contribution in [3.05, 3.63) is 102 Å². The van der Waals surface area contributed by atoms with Gasteiger partial charge in [0, 0.05) is 10.9 Å². The van der Waals surface area contributed by atoms with Gasteiger partial charge in [0.25, 0.3) is 5.91 Å². The molecule has 4 nitrogen and oxygen atoms in total. The van der Waals surface area contributed by atoms with E-state index in [1.165, 1.54) is 0 Å². The van der Waals surface area contributed by atoms with E-state index in [9.17, 15) is 13.2 Å². The topological polar surface area (TPSA) is 63.2 Å². The molecule has 0 atom stereocenters. The molecule has 144 valence electrons. The lowest BCUT2D eigenvalue weighted by Gasteiger charge is -2.15. The monoisotopic (exact) mass is 401 g/mol. The maximum atomic E-state index is 13.5. The van der Waals surface area contributed by atoms with Crippen LogP contribution in [0.1, 0.15) is 15.9 Å². The number of carbonyl (C=O) groups excluding carboxylic acids is 1. The lowest BCUT2D eigenvalue weighted by Crippen LogP contribution is -2.15. The largest absolute Gasteiger partial charge is 0.321 e. The molecule has 1 amide bonds. The number of fused-ring (bicyclic) bond motifs is 1. The molecule has 4 rings (SSSR count). The predicted octanol–water partition coefficient (Wildman–Crippen LogP) is 5.23. The summed E-state index contributed by atoms with van der Waals surface area (Å²) in [4.78, 5) is 13.0. The van der Waals surface area contributed by atoms with Crippen molar-refractivity contribution in [1.82, 2.24) is 0 Å². The Bertz CT molecular complexity index is 1300. The minimum atomic E-state index is -3.86. The fourth-order valence-corrected chi connectivity index (χ4v) is 4.86. The van der Waals surface area contributed by atoms with Crippen molar-refractivity contribution >= 4 is 32.2 Å². The van der Waals surface area contributed by atoms with E-state index in [1.54, 1.807) is 66.7 Å². The standard InChI is InChI=1S/C24H19NO3S/c1-17-11-14-20(15-12-17)29(27,28)23-21-10-6-5-7-18(21)13-16-22(23)25-24(26)19-8-3-2-4-9-19/h2-16H,1H3,(H,25,26). The Labute approximate surface area is 169 Å². The van der Waals surface area contributed by atoms with Crippen molar-refractivity contribution < 1.29 is 13.2 Å². The Morgan fingerprint density at radius 1 is 0.759 bits per heavy atom. The number of benzene rings is 4. The molecular weight excluding hydrogens is 382 g/mol. The quantitative estimate of drug-likeness (QED) is 0.509. The number of carbonyl (C=O) groups is 1. The highest BCUT2D eigenvalue weighted by atomic mass is 32.2.